The third-order valence-corrected chi connectivity index (χ3v) is 4.12. The molecule has 0 unspecified atom stereocenters. The van der Waals surface area contributed by atoms with Crippen molar-refractivity contribution in [3.8, 4) is 6.07 Å². The number of nitrogens with zero attached hydrogens (tertiary/aromatic N) is 2. The van der Waals surface area contributed by atoms with Gasteiger partial charge in [0.15, 0.2) is 9.84 Å². The molecule has 0 saturated heterocycles. The molecule has 2 rings (SSSR count). The highest BCUT2D eigenvalue weighted by molar-refractivity contribution is 7.90. The lowest BCUT2D eigenvalue weighted by atomic mass is 10.0. The van der Waals surface area contributed by atoms with Gasteiger partial charge in [-0.2, -0.15) is 5.26 Å². The molecule has 0 aliphatic carbocycles. The standard InChI is InChI=1S/C10H10N2O2S/c11-3-1-8-5-12-6-9-7-15(13,14)4-2-10(8)9/h5-6H,1-2,4,7H2. The fourth-order valence-corrected chi connectivity index (χ4v) is 3.21. The molecule has 0 fully saturated rings. The highest BCUT2D eigenvalue weighted by atomic mass is 32.2. The SMILES string of the molecule is N#CCc1cncc2c1CCS(=O)(=O)C2. The molecule has 0 bridgehead atoms. The Morgan fingerprint density at radius 3 is 3.00 bits per heavy atom. The molecular formula is C10H10N2O2S. The smallest absolute Gasteiger partial charge is 0.154 e. The molecule has 4 nitrogen and oxygen atoms in total. The summed E-state index contributed by atoms with van der Waals surface area (Å²) >= 11 is 0. The summed E-state index contributed by atoms with van der Waals surface area (Å²) in [6.07, 6.45) is 4.06. The third-order valence-electron chi connectivity index (χ3n) is 2.54. The maximum absolute atomic E-state index is 11.4. The van der Waals surface area contributed by atoms with Gasteiger partial charge >= 0.3 is 0 Å². The highest BCUT2D eigenvalue weighted by Gasteiger charge is 2.23. The molecule has 78 valence electrons. The average Bonchev–Trinajstić information content (AvgIpc) is 2.16. The summed E-state index contributed by atoms with van der Waals surface area (Å²) in [6, 6.07) is 2.07. The Hall–Kier alpha value is -1.41. The van der Waals surface area contributed by atoms with E-state index in [2.05, 4.69) is 11.1 Å². The van der Waals surface area contributed by atoms with Crippen molar-refractivity contribution in [3.63, 3.8) is 0 Å². The summed E-state index contributed by atoms with van der Waals surface area (Å²) in [6.45, 7) is 0. The van der Waals surface area contributed by atoms with E-state index in [4.69, 9.17) is 5.26 Å². The molecule has 0 spiro atoms. The number of pyridine rings is 1. The quantitative estimate of drug-likeness (QED) is 0.698. The van der Waals surface area contributed by atoms with Crippen LogP contribution in [0.5, 0.6) is 0 Å². The molecule has 1 aromatic heterocycles. The molecule has 2 heterocycles. The zero-order valence-corrected chi connectivity index (χ0v) is 8.92. The van der Waals surface area contributed by atoms with E-state index in [1.165, 1.54) is 0 Å². The number of hydrogen-bond acceptors (Lipinski definition) is 4. The molecule has 1 aliphatic heterocycles. The van der Waals surface area contributed by atoms with Crippen LogP contribution in [-0.4, -0.2) is 19.2 Å². The summed E-state index contributed by atoms with van der Waals surface area (Å²) in [5, 5.41) is 8.63. The maximum atomic E-state index is 11.4. The lowest BCUT2D eigenvalue weighted by Crippen LogP contribution is -2.20. The predicted molar refractivity (Wildman–Crippen MR) is 54.7 cm³/mol. The van der Waals surface area contributed by atoms with Crippen molar-refractivity contribution in [2.45, 2.75) is 18.6 Å². The zero-order valence-electron chi connectivity index (χ0n) is 8.10. The van der Waals surface area contributed by atoms with Gasteiger partial charge in [0.25, 0.3) is 0 Å². The number of fused-ring (bicyclic) bond motifs is 1. The van der Waals surface area contributed by atoms with E-state index in [1.807, 2.05) is 0 Å². The van der Waals surface area contributed by atoms with E-state index in [0.717, 1.165) is 16.7 Å². The molecule has 0 saturated carbocycles. The van der Waals surface area contributed by atoms with E-state index in [9.17, 15) is 8.42 Å². The van der Waals surface area contributed by atoms with Crippen LogP contribution in [0.1, 0.15) is 16.7 Å². The first-order valence-electron chi connectivity index (χ1n) is 4.64. The number of sulfone groups is 1. The largest absolute Gasteiger partial charge is 0.264 e. The first-order chi connectivity index (χ1) is 7.12. The maximum Gasteiger partial charge on any atom is 0.154 e. The Labute approximate surface area is 88.5 Å². The predicted octanol–water partition coefficient (Wildman–Crippen LogP) is 0.619. The summed E-state index contributed by atoms with van der Waals surface area (Å²) in [5.41, 5.74) is 2.63. The van der Waals surface area contributed by atoms with Crippen LogP contribution in [0.25, 0.3) is 0 Å². The van der Waals surface area contributed by atoms with Gasteiger partial charge < -0.3 is 0 Å². The lowest BCUT2D eigenvalue weighted by Gasteiger charge is -2.17. The van der Waals surface area contributed by atoms with Gasteiger partial charge in [0, 0.05) is 12.4 Å². The number of hydrogen-bond donors (Lipinski definition) is 0. The van der Waals surface area contributed by atoms with Crippen molar-refractivity contribution in [1.29, 1.82) is 5.26 Å². The Kier molecular flexibility index (Phi) is 2.45. The van der Waals surface area contributed by atoms with E-state index in [-0.39, 0.29) is 11.5 Å². The Balaban J connectivity index is 2.47. The van der Waals surface area contributed by atoms with E-state index in [1.54, 1.807) is 12.4 Å². The van der Waals surface area contributed by atoms with Crippen LogP contribution in [0.2, 0.25) is 0 Å². The monoisotopic (exact) mass is 222 g/mol. The minimum atomic E-state index is -2.95. The van der Waals surface area contributed by atoms with E-state index in [0.29, 0.717) is 12.8 Å². The fourth-order valence-electron chi connectivity index (χ4n) is 1.83. The van der Waals surface area contributed by atoms with Crippen molar-refractivity contribution in [2.75, 3.05) is 5.75 Å². The molecule has 0 atom stereocenters. The van der Waals surface area contributed by atoms with Crippen LogP contribution in [0.15, 0.2) is 12.4 Å². The molecule has 0 radical (unpaired) electrons. The van der Waals surface area contributed by atoms with Crippen molar-refractivity contribution >= 4 is 9.84 Å². The lowest BCUT2D eigenvalue weighted by molar-refractivity contribution is 0.591. The average molecular weight is 222 g/mol. The number of rotatable bonds is 1. The van der Waals surface area contributed by atoms with Crippen molar-refractivity contribution < 1.29 is 8.42 Å². The minimum Gasteiger partial charge on any atom is -0.264 e. The molecule has 15 heavy (non-hydrogen) atoms. The van der Waals surface area contributed by atoms with Gasteiger partial charge in [0.1, 0.15) is 0 Å². The minimum absolute atomic E-state index is 0.0641. The van der Waals surface area contributed by atoms with Crippen molar-refractivity contribution in [1.82, 2.24) is 4.98 Å². The first kappa shape index (κ1) is 10.1. The van der Waals surface area contributed by atoms with Crippen molar-refractivity contribution in [3.05, 3.63) is 29.1 Å². The topological polar surface area (TPSA) is 70.8 Å². The molecule has 5 heteroatoms. The summed E-state index contributed by atoms with van der Waals surface area (Å²) in [5.74, 6) is 0.247. The second-order valence-electron chi connectivity index (χ2n) is 3.61. The summed E-state index contributed by atoms with van der Waals surface area (Å²) in [7, 11) is -2.95. The molecule has 0 N–H and O–H groups in total. The first-order valence-corrected chi connectivity index (χ1v) is 6.46. The van der Waals surface area contributed by atoms with Crippen LogP contribution in [0, 0.1) is 11.3 Å². The van der Waals surface area contributed by atoms with E-state index >= 15 is 0 Å². The molecule has 0 amide bonds. The van der Waals surface area contributed by atoms with Gasteiger partial charge in [-0.25, -0.2) is 8.42 Å². The molecule has 1 aromatic rings. The Bertz CT molecular complexity index is 529. The number of aromatic nitrogens is 1. The normalized spacial score (nSPS) is 17.8. The molecule has 0 aromatic carbocycles. The summed E-state index contributed by atoms with van der Waals surface area (Å²) in [4.78, 5) is 3.97. The van der Waals surface area contributed by atoms with Gasteiger partial charge in [-0.05, 0) is 23.1 Å². The van der Waals surface area contributed by atoms with E-state index < -0.39 is 9.84 Å². The van der Waals surface area contributed by atoms with Crippen LogP contribution in [0.4, 0.5) is 0 Å². The van der Waals surface area contributed by atoms with Crippen LogP contribution in [-0.2, 0) is 28.4 Å². The van der Waals surface area contributed by atoms with Crippen molar-refractivity contribution in [2.24, 2.45) is 0 Å². The highest BCUT2D eigenvalue weighted by Crippen LogP contribution is 2.23. The van der Waals surface area contributed by atoms with Crippen LogP contribution in [0.3, 0.4) is 0 Å². The Morgan fingerprint density at radius 1 is 1.47 bits per heavy atom. The molecule has 1 aliphatic rings. The second kappa shape index (κ2) is 3.63. The number of nitriles is 1. The summed E-state index contributed by atoms with van der Waals surface area (Å²) < 4.78 is 22.8. The van der Waals surface area contributed by atoms with Gasteiger partial charge in [0.2, 0.25) is 0 Å². The Morgan fingerprint density at radius 2 is 2.27 bits per heavy atom. The van der Waals surface area contributed by atoms with Gasteiger partial charge in [-0.1, -0.05) is 0 Å². The fraction of sp³-hybridized carbons (Fsp3) is 0.400. The second-order valence-corrected chi connectivity index (χ2v) is 5.80. The van der Waals surface area contributed by atoms with Crippen LogP contribution >= 0.6 is 0 Å². The zero-order chi connectivity index (χ0) is 10.9. The molecular weight excluding hydrogens is 212 g/mol. The van der Waals surface area contributed by atoms with Gasteiger partial charge in [-0.15, -0.1) is 0 Å². The van der Waals surface area contributed by atoms with Crippen LogP contribution < -0.4 is 0 Å². The van der Waals surface area contributed by atoms with Gasteiger partial charge in [0.05, 0.1) is 24.0 Å². The van der Waals surface area contributed by atoms with Gasteiger partial charge in [-0.3, -0.25) is 4.98 Å². The third kappa shape index (κ3) is 2.00.